The predicted molar refractivity (Wildman–Crippen MR) is 108 cm³/mol. The summed E-state index contributed by atoms with van der Waals surface area (Å²) in [5, 5.41) is 2.56. The standard InChI is InChI=1S/C22H38N2O4/c1-16(14-17-10-11-21(2,3)22(17,4)5)28-20(27)18-8-7-13-24(18)19(26)9-6-12-23-15-25/h15-18H,6-14H2,1-5H3,(H,23,25). The lowest BCUT2D eigenvalue weighted by Crippen LogP contribution is -2.42. The van der Waals surface area contributed by atoms with Crippen LogP contribution in [-0.4, -0.2) is 48.4 Å². The van der Waals surface area contributed by atoms with Gasteiger partial charge in [-0.15, -0.1) is 0 Å². The maximum absolute atomic E-state index is 12.7. The van der Waals surface area contributed by atoms with Gasteiger partial charge in [0, 0.05) is 19.5 Å². The first-order chi connectivity index (χ1) is 13.1. The lowest BCUT2D eigenvalue weighted by Gasteiger charge is -2.40. The molecule has 1 aliphatic heterocycles. The molecule has 2 fully saturated rings. The zero-order valence-corrected chi connectivity index (χ0v) is 18.3. The monoisotopic (exact) mass is 394 g/mol. The van der Waals surface area contributed by atoms with Crippen LogP contribution >= 0.6 is 0 Å². The Morgan fingerprint density at radius 1 is 1.25 bits per heavy atom. The zero-order chi connectivity index (χ0) is 20.9. The highest BCUT2D eigenvalue weighted by Crippen LogP contribution is 2.57. The molecular weight excluding hydrogens is 356 g/mol. The average Bonchev–Trinajstić information content (AvgIpc) is 3.18. The summed E-state index contributed by atoms with van der Waals surface area (Å²) in [6.07, 6.45) is 6.17. The number of hydrogen-bond donors (Lipinski definition) is 1. The van der Waals surface area contributed by atoms with E-state index in [-0.39, 0.29) is 23.4 Å². The van der Waals surface area contributed by atoms with Gasteiger partial charge in [0.25, 0.3) is 0 Å². The van der Waals surface area contributed by atoms with E-state index in [0.29, 0.717) is 50.1 Å². The number of amides is 2. The molecule has 0 radical (unpaired) electrons. The topological polar surface area (TPSA) is 75.7 Å². The van der Waals surface area contributed by atoms with Crippen LogP contribution in [0.4, 0.5) is 0 Å². The van der Waals surface area contributed by atoms with Crippen molar-refractivity contribution in [3.63, 3.8) is 0 Å². The second kappa shape index (κ2) is 9.27. The van der Waals surface area contributed by atoms with Gasteiger partial charge in [-0.1, -0.05) is 27.7 Å². The Morgan fingerprint density at radius 3 is 2.57 bits per heavy atom. The van der Waals surface area contributed by atoms with Gasteiger partial charge in [-0.2, -0.15) is 0 Å². The Morgan fingerprint density at radius 2 is 1.96 bits per heavy atom. The fourth-order valence-corrected chi connectivity index (χ4v) is 4.76. The molecular formula is C22H38N2O4. The number of esters is 1. The summed E-state index contributed by atoms with van der Waals surface area (Å²) in [6, 6.07) is -0.456. The molecule has 3 atom stereocenters. The molecule has 2 aliphatic rings. The number of carbonyl (C=O) groups excluding carboxylic acids is 3. The number of hydrogen-bond acceptors (Lipinski definition) is 4. The van der Waals surface area contributed by atoms with Crippen LogP contribution < -0.4 is 5.32 Å². The molecule has 0 bridgehead atoms. The third-order valence-corrected chi connectivity index (χ3v) is 7.46. The van der Waals surface area contributed by atoms with E-state index in [1.165, 1.54) is 12.8 Å². The molecule has 1 N–H and O–H groups in total. The van der Waals surface area contributed by atoms with Crippen molar-refractivity contribution in [1.29, 1.82) is 0 Å². The highest BCUT2D eigenvalue weighted by molar-refractivity contribution is 5.85. The highest BCUT2D eigenvalue weighted by Gasteiger charge is 2.48. The summed E-state index contributed by atoms with van der Waals surface area (Å²) >= 11 is 0. The molecule has 0 aromatic carbocycles. The summed E-state index contributed by atoms with van der Waals surface area (Å²) < 4.78 is 5.79. The van der Waals surface area contributed by atoms with Crippen LogP contribution in [0.25, 0.3) is 0 Å². The van der Waals surface area contributed by atoms with Crippen LogP contribution in [0.5, 0.6) is 0 Å². The summed E-state index contributed by atoms with van der Waals surface area (Å²) in [4.78, 5) is 37.1. The SMILES string of the molecule is CC(CC1CCC(C)(C)C1(C)C)OC(=O)C1CCCN1C(=O)CCCNC=O. The third kappa shape index (κ3) is 5.06. The maximum Gasteiger partial charge on any atom is 0.329 e. The fourth-order valence-electron chi connectivity index (χ4n) is 4.76. The quantitative estimate of drug-likeness (QED) is 0.370. The van der Waals surface area contributed by atoms with Gasteiger partial charge in [0.1, 0.15) is 6.04 Å². The smallest absolute Gasteiger partial charge is 0.329 e. The van der Waals surface area contributed by atoms with Crippen LogP contribution in [0.15, 0.2) is 0 Å². The Labute approximate surface area is 169 Å². The lowest BCUT2D eigenvalue weighted by atomic mass is 9.66. The number of likely N-dealkylation sites (tertiary alicyclic amines) is 1. The number of nitrogens with one attached hydrogen (secondary N) is 1. The van der Waals surface area contributed by atoms with Crippen LogP contribution in [0.3, 0.4) is 0 Å². The van der Waals surface area contributed by atoms with Crippen molar-refractivity contribution >= 4 is 18.3 Å². The molecule has 0 aromatic rings. The molecule has 2 amide bonds. The summed E-state index contributed by atoms with van der Waals surface area (Å²) in [5.41, 5.74) is 0.521. The number of nitrogens with zero attached hydrogens (tertiary/aromatic N) is 1. The first-order valence-corrected chi connectivity index (χ1v) is 10.8. The molecule has 28 heavy (non-hydrogen) atoms. The molecule has 2 rings (SSSR count). The van der Waals surface area contributed by atoms with Gasteiger partial charge in [-0.05, 0) is 62.2 Å². The van der Waals surface area contributed by atoms with E-state index in [1.54, 1.807) is 4.90 Å². The van der Waals surface area contributed by atoms with Gasteiger partial charge in [0.05, 0.1) is 6.10 Å². The van der Waals surface area contributed by atoms with Gasteiger partial charge >= 0.3 is 5.97 Å². The van der Waals surface area contributed by atoms with Crippen LogP contribution in [0, 0.1) is 16.7 Å². The van der Waals surface area contributed by atoms with Crippen LogP contribution in [0.1, 0.15) is 79.6 Å². The van der Waals surface area contributed by atoms with E-state index in [1.807, 2.05) is 6.92 Å². The van der Waals surface area contributed by atoms with E-state index in [0.717, 1.165) is 12.8 Å². The normalized spacial score (nSPS) is 26.7. The fraction of sp³-hybridized carbons (Fsp3) is 0.864. The second-order valence-electron chi connectivity index (χ2n) is 9.75. The van der Waals surface area contributed by atoms with Gasteiger partial charge in [0.2, 0.25) is 12.3 Å². The van der Waals surface area contributed by atoms with Crippen molar-refractivity contribution in [3.8, 4) is 0 Å². The molecule has 6 heteroatoms. The van der Waals surface area contributed by atoms with E-state index in [4.69, 9.17) is 4.74 Å². The number of ether oxygens (including phenoxy) is 1. The Kier molecular flexibility index (Phi) is 7.52. The van der Waals surface area contributed by atoms with Crippen molar-refractivity contribution in [2.24, 2.45) is 16.7 Å². The Bertz CT molecular complexity index is 573. The Balaban J connectivity index is 1.85. The highest BCUT2D eigenvalue weighted by atomic mass is 16.5. The van der Waals surface area contributed by atoms with Gasteiger partial charge in [0.15, 0.2) is 0 Å². The van der Waals surface area contributed by atoms with E-state index < -0.39 is 6.04 Å². The molecule has 160 valence electrons. The predicted octanol–water partition coefficient (Wildman–Crippen LogP) is 3.29. The number of carbonyl (C=O) groups is 3. The van der Waals surface area contributed by atoms with Gasteiger partial charge in [-0.3, -0.25) is 9.59 Å². The van der Waals surface area contributed by atoms with E-state index in [2.05, 4.69) is 33.0 Å². The van der Waals surface area contributed by atoms with Gasteiger partial charge in [-0.25, -0.2) is 4.79 Å². The molecule has 6 nitrogen and oxygen atoms in total. The van der Waals surface area contributed by atoms with Crippen molar-refractivity contribution in [1.82, 2.24) is 10.2 Å². The van der Waals surface area contributed by atoms with Crippen molar-refractivity contribution < 1.29 is 19.1 Å². The molecule has 1 aliphatic carbocycles. The molecule has 3 unspecified atom stereocenters. The molecule has 1 heterocycles. The summed E-state index contributed by atoms with van der Waals surface area (Å²) in [7, 11) is 0. The minimum atomic E-state index is -0.456. The van der Waals surface area contributed by atoms with E-state index >= 15 is 0 Å². The van der Waals surface area contributed by atoms with E-state index in [9.17, 15) is 14.4 Å². The largest absolute Gasteiger partial charge is 0.461 e. The van der Waals surface area contributed by atoms with Gasteiger partial charge < -0.3 is 15.0 Å². The van der Waals surface area contributed by atoms with Crippen molar-refractivity contribution in [2.75, 3.05) is 13.1 Å². The molecule has 0 aromatic heterocycles. The summed E-state index contributed by atoms with van der Waals surface area (Å²) in [6.45, 7) is 12.4. The first-order valence-electron chi connectivity index (χ1n) is 10.8. The van der Waals surface area contributed by atoms with Crippen molar-refractivity contribution in [3.05, 3.63) is 0 Å². The Hall–Kier alpha value is -1.59. The minimum absolute atomic E-state index is 0.0292. The third-order valence-electron chi connectivity index (χ3n) is 7.46. The van der Waals surface area contributed by atoms with Crippen LogP contribution in [-0.2, 0) is 19.1 Å². The lowest BCUT2D eigenvalue weighted by molar-refractivity contribution is -0.158. The number of rotatable bonds is 9. The minimum Gasteiger partial charge on any atom is -0.461 e. The second-order valence-corrected chi connectivity index (χ2v) is 9.75. The molecule has 1 saturated heterocycles. The average molecular weight is 395 g/mol. The zero-order valence-electron chi connectivity index (χ0n) is 18.3. The van der Waals surface area contributed by atoms with Crippen LogP contribution in [0.2, 0.25) is 0 Å². The van der Waals surface area contributed by atoms with Crippen molar-refractivity contribution in [2.45, 2.75) is 91.7 Å². The first kappa shape index (κ1) is 22.7. The molecule has 1 saturated carbocycles. The maximum atomic E-state index is 12.7. The molecule has 0 spiro atoms. The summed E-state index contributed by atoms with van der Waals surface area (Å²) in [5.74, 6) is 0.245.